The topological polar surface area (TPSA) is 64.7 Å². The van der Waals surface area contributed by atoms with E-state index >= 15 is 0 Å². The molecule has 6 nitrogen and oxygen atoms in total. The van der Waals surface area contributed by atoms with Gasteiger partial charge in [-0.3, -0.25) is 9.59 Å². The van der Waals surface area contributed by atoms with Crippen molar-refractivity contribution in [3.05, 3.63) is 71.8 Å². The molecule has 2 fully saturated rings. The van der Waals surface area contributed by atoms with Crippen molar-refractivity contribution in [2.45, 2.75) is 107 Å². The third-order valence-corrected chi connectivity index (χ3v) is 10.0. The molecule has 2 aliphatic rings. The molecule has 0 spiro atoms. The van der Waals surface area contributed by atoms with Crippen molar-refractivity contribution in [1.29, 1.82) is 0 Å². The molecule has 2 aromatic rings. The number of likely N-dealkylation sites (N-methyl/N-ethyl adjacent to an activating group) is 2. The minimum atomic E-state index is 0.0811. The average molecular weight is 561 g/mol. The van der Waals surface area contributed by atoms with Crippen LogP contribution in [0.3, 0.4) is 0 Å². The van der Waals surface area contributed by atoms with Gasteiger partial charge in [-0.25, -0.2) is 0 Å². The molecular formula is C35H52N4O2. The summed E-state index contributed by atoms with van der Waals surface area (Å²) in [6.45, 7) is 0. The molecule has 0 aliphatic heterocycles. The normalized spacial score (nSPS) is 26.6. The van der Waals surface area contributed by atoms with Crippen molar-refractivity contribution in [1.82, 2.24) is 20.4 Å². The third kappa shape index (κ3) is 8.65. The van der Waals surface area contributed by atoms with E-state index in [2.05, 4.69) is 109 Å². The molecule has 2 aromatic carbocycles. The standard InChI is InChI=1S/C35H52N4O2/c1-38(2)34(26-28-12-7-5-8-13-28)22-18-30(19-23-34)36-32(40)16-11-17-33(41)37-31-20-24-35(25-21-31,39(3)4)27-29-14-9-6-10-15-29/h5-10,12-15,30-31H,11,16-27H2,1-4H3,(H,36,40)(H,37,41). The molecule has 0 radical (unpaired) electrons. The van der Waals surface area contributed by atoms with Crippen LogP contribution in [0.5, 0.6) is 0 Å². The van der Waals surface area contributed by atoms with Gasteiger partial charge in [-0.1, -0.05) is 60.7 Å². The predicted molar refractivity (Wildman–Crippen MR) is 168 cm³/mol. The van der Waals surface area contributed by atoms with Crippen LogP contribution in [0.4, 0.5) is 0 Å². The van der Waals surface area contributed by atoms with E-state index < -0.39 is 0 Å². The third-order valence-electron chi connectivity index (χ3n) is 10.0. The maximum Gasteiger partial charge on any atom is 0.220 e. The quantitative estimate of drug-likeness (QED) is 0.367. The summed E-state index contributed by atoms with van der Waals surface area (Å²) in [5.41, 5.74) is 3.04. The number of carbonyl (C=O) groups excluding carboxylic acids is 2. The van der Waals surface area contributed by atoms with Crippen LogP contribution in [0.2, 0.25) is 0 Å². The highest BCUT2D eigenvalue weighted by Crippen LogP contribution is 2.36. The molecule has 0 unspecified atom stereocenters. The van der Waals surface area contributed by atoms with E-state index in [1.54, 1.807) is 0 Å². The molecule has 224 valence electrons. The molecule has 0 saturated heterocycles. The van der Waals surface area contributed by atoms with Crippen LogP contribution in [0.25, 0.3) is 0 Å². The zero-order chi connectivity index (χ0) is 29.3. The molecule has 6 heteroatoms. The molecular weight excluding hydrogens is 508 g/mol. The summed E-state index contributed by atoms with van der Waals surface area (Å²) in [5.74, 6) is 0.162. The van der Waals surface area contributed by atoms with Gasteiger partial charge in [-0.05, 0) is 110 Å². The first-order valence-electron chi connectivity index (χ1n) is 15.7. The van der Waals surface area contributed by atoms with E-state index in [0.717, 1.165) is 64.2 Å². The van der Waals surface area contributed by atoms with Gasteiger partial charge in [0.1, 0.15) is 0 Å². The van der Waals surface area contributed by atoms with Gasteiger partial charge < -0.3 is 20.4 Å². The maximum atomic E-state index is 12.7. The molecule has 0 heterocycles. The molecule has 2 saturated carbocycles. The molecule has 2 amide bonds. The Labute approximate surface area is 248 Å². The van der Waals surface area contributed by atoms with Crippen LogP contribution in [-0.2, 0) is 22.4 Å². The Morgan fingerprint density at radius 3 is 1.29 bits per heavy atom. The average Bonchev–Trinajstić information content (AvgIpc) is 2.96. The van der Waals surface area contributed by atoms with E-state index in [1.165, 1.54) is 11.1 Å². The number of carbonyl (C=O) groups is 2. The smallest absolute Gasteiger partial charge is 0.220 e. The van der Waals surface area contributed by atoms with Gasteiger partial charge in [0, 0.05) is 36.0 Å². The lowest BCUT2D eigenvalue weighted by molar-refractivity contribution is -0.123. The second-order valence-electron chi connectivity index (χ2n) is 13.1. The van der Waals surface area contributed by atoms with Crippen molar-refractivity contribution in [3.8, 4) is 0 Å². The first-order chi connectivity index (χ1) is 19.7. The number of nitrogens with one attached hydrogen (secondary N) is 2. The summed E-state index contributed by atoms with van der Waals surface area (Å²) in [7, 11) is 8.74. The molecule has 4 rings (SSSR count). The molecule has 0 atom stereocenters. The summed E-state index contributed by atoms with van der Waals surface area (Å²) >= 11 is 0. The minimum Gasteiger partial charge on any atom is -0.353 e. The van der Waals surface area contributed by atoms with Gasteiger partial charge >= 0.3 is 0 Å². The van der Waals surface area contributed by atoms with Gasteiger partial charge in [0.25, 0.3) is 0 Å². The van der Waals surface area contributed by atoms with E-state index in [-0.39, 0.29) is 35.0 Å². The fourth-order valence-corrected chi connectivity index (χ4v) is 7.12. The zero-order valence-corrected chi connectivity index (χ0v) is 25.8. The van der Waals surface area contributed by atoms with E-state index in [9.17, 15) is 9.59 Å². The second-order valence-corrected chi connectivity index (χ2v) is 13.1. The Balaban J connectivity index is 1.14. The lowest BCUT2D eigenvalue weighted by atomic mass is 9.74. The number of amides is 2. The summed E-state index contributed by atoms with van der Waals surface area (Å²) in [4.78, 5) is 30.2. The number of hydrogen-bond donors (Lipinski definition) is 2. The fraction of sp³-hybridized carbons (Fsp3) is 0.600. The monoisotopic (exact) mass is 560 g/mol. The van der Waals surface area contributed by atoms with Gasteiger partial charge in [-0.2, -0.15) is 0 Å². The SMILES string of the molecule is CN(C)C1(Cc2ccccc2)CCC(NC(=O)CCCC(=O)NC2CCC(Cc3ccccc3)(N(C)C)CC2)CC1. The zero-order valence-electron chi connectivity index (χ0n) is 25.8. The molecule has 0 aromatic heterocycles. The Kier molecular flexibility index (Phi) is 11.0. The Bertz CT molecular complexity index is 998. The highest BCUT2D eigenvalue weighted by Gasteiger charge is 2.38. The van der Waals surface area contributed by atoms with E-state index in [0.29, 0.717) is 19.3 Å². The second kappa shape index (κ2) is 14.5. The fourth-order valence-electron chi connectivity index (χ4n) is 7.12. The summed E-state index contributed by atoms with van der Waals surface area (Å²) in [6.07, 6.45) is 11.8. The molecule has 41 heavy (non-hydrogen) atoms. The van der Waals surface area contributed by atoms with Crippen LogP contribution in [0.1, 0.15) is 81.8 Å². The Morgan fingerprint density at radius 2 is 0.976 bits per heavy atom. The highest BCUT2D eigenvalue weighted by molar-refractivity contribution is 5.79. The van der Waals surface area contributed by atoms with Crippen molar-refractivity contribution in [3.63, 3.8) is 0 Å². The summed E-state index contributed by atoms with van der Waals surface area (Å²) in [5, 5.41) is 6.52. The number of hydrogen-bond acceptors (Lipinski definition) is 4. The van der Waals surface area contributed by atoms with Crippen LogP contribution in [0.15, 0.2) is 60.7 Å². The Morgan fingerprint density at radius 1 is 0.634 bits per heavy atom. The summed E-state index contributed by atoms with van der Waals surface area (Å²) < 4.78 is 0. The van der Waals surface area contributed by atoms with Crippen LogP contribution < -0.4 is 10.6 Å². The lowest BCUT2D eigenvalue weighted by Crippen LogP contribution is -2.52. The lowest BCUT2D eigenvalue weighted by Gasteiger charge is -2.45. The van der Waals surface area contributed by atoms with Gasteiger partial charge in [0.05, 0.1) is 0 Å². The van der Waals surface area contributed by atoms with Crippen molar-refractivity contribution in [2.75, 3.05) is 28.2 Å². The molecule has 2 N–H and O–H groups in total. The number of rotatable bonds is 12. The summed E-state index contributed by atoms with van der Waals surface area (Å²) in [6, 6.07) is 21.9. The number of benzene rings is 2. The predicted octanol–water partition coefficient (Wildman–Crippen LogP) is 5.36. The Hall–Kier alpha value is -2.70. The van der Waals surface area contributed by atoms with Gasteiger partial charge in [0.15, 0.2) is 0 Å². The van der Waals surface area contributed by atoms with E-state index in [4.69, 9.17) is 0 Å². The maximum absolute atomic E-state index is 12.7. The molecule has 0 bridgehead atoms. The minimum absolute atomic E-state index is 0.0811. The van der Waals surface area contributed by atoms with Gasteiger partial charge in [-0.15, -0.1) is 0 Å². The van der Waals surface area contributed by atoms with Crippen molar-refractivity contribution in [2.24, 2.45) is 0 Å². The largest absolute Gasteiger partial charge is 0.353 e. The molecule has 2 aliphatic carbocycles. The number of nitrogens with zero attached hydrogens (tertiary/aromatic N) is 2. The van der Waals surface area contributed by atoms with E-state index in [1.807, 2.05) is 0 Å². The van der Waals surface area contributed by atoms with Crippen LogP contribution in [-0.4, -0.2) is 73.0 Å². The van der Waals surface area contributed by atoms with Crippen LogP contribution in [0, 0.1) is 0 Å². The first kappa shape index (κ1) is 31.2. The van der Waals surface area contributed by atoms with Crippen molar-refractivity contribution < 1.29 is 9.59 Å². The highest BCUT2D eigenvalue weighted by atomic mass is 16.2. The van der Waals surface area contributed by atoms with Crippen LogP contribution >= 0.6 is 0 Å². The first-order valence-corrected chi connectivity index (χ1v) is 15.7. The van der Waals surface area contributed by atoms with Gasteiger partial charge in [0.2, 0.25) is 11.8 Å². The van der Waals surface area contributed by atoms with Crippen molar-refractivity contribution >= 4 is 11.8 Å².